The van der Waals surface area contributed by atoms with Gasteiger partial charge < -0.3 is 10.6 Å². The average molecular weight is 171 g/mol. The summed E-state index contributed by atoms with van der Waals surface area (Å²) in [6.45, 7) is 0.584. The molecule has 0 saturated heterocycles. The van der Waals surface area contributed by atoms with Crippen LogP contribution in [0.25, 0.3) is 0 Å². The number of hydrogen-bond donors (Lipinski definition) is 2. The molecule has 2 rings (SSSR count). The highest BCUT2D eigenvalue weighted by molar-refractivity contribution is 5.71. The summed E-state index contributed by atoms with van der Waals surface area (Å²) in [7, 11) is 0. The minimum absolute atomic E-state index is 0.584. The molecule has 0 spiro atoms. The molecule has 0 saturated carbocycles. The Morgan fingerprint density at radius 1 is 1.23 bits per heavy atom. The van der Waals surface area contributed by atoms with Gasteiger partial charge in [-0.25, -0.2) is 0 Å². The zero-order chi connectivity index (χ0) is 9.10. The molecule has 1 aromatic carbocycles. The molecule has 3 nitrogen and oxygen atoms in total. The maximum Gasteiger partial charge on any atom is 0.0981 e. The summed E-state index contributed by atoms with van der Waals surface area (Å²) in [4.78, 5) is 0. The van der Waals surface area contributed by atoms with Crippen LogP contribution in [-0.2, 0) is 0 Å². The number of anilines is 2. The van der Waals surface area contributed by atoms with Crippen molar-refractivity contribution in [1.82, 2.24) is 0 Å². The molecule has 1 heterocycles. The van der Waals surface area contributed by atoms with Gasteiger partial charge in [0.05, 0.1) is 29.6 Å². The van der Waals surface area contributed by atoms with Gasteiger partial charge in [-0.3, -0.25) is 0 Å². The molecule has 0 atom stereocenters. The van der Waals surface area contributed by atoms with Gasteiger partial charge in [0.2, 0.25) is 0 Å². The van der Waals surface area contributed by atoms with Crippen molar-refractivity contribution in [2.24, 2.45) is 0 Å². The van der Waals surface area contributed by atoms with E-state index < -0.39 is 0 Å². The molecule has 1 aromatic rings. The van der Waals surface area contributed by atoms with Gasteiger partial charge in [0.15, 0.2) is 0 Å². The zero-order valence-electron chi connectivity index (χ0n) is 7.04. The van der Waals surface area contributed by atoms with Crippen LogP contribution < -0.4 is 10.6 Å². The number of hydrogen-bond acceptors (Lipinski definition) is 3. The number of benzene rings is 1. The van der Waals surface area contributed by atoms with E-state index in [2.05, 4.69) is 16.7 Å². The summed E-state index contributed by atoms with van der Waals surface area (Å²) in [5, 5.41) is 14.9. The highest BCUT2D eigenvalue weighted by Crippen LogP contribution is 2.23. The van der Waals surface area contributed by atoms with E-state index in [9.17, 15) is 0 Å². The Balaban J connectivity index is 2.33. The molecule has 0 bridgehead atoms. The fraction of sp³-hybridized carbons (Fsp3) is 0.100. The summed E-state index contributed by atoms with van der Waals surface area (Å²) in [5.74, 6) is 0. The van der Waals surface area contributed by atoms with Crippen LogP contribution in [0.5, 0.6) is 0 Å². The molecule has 2 N–H and O–H groups in total. The molecule has 13 heavy (non-hydrogen) atoms. The number of rotatable bonds is 0. The molecule has 1 aliphatic heterocycles. The zero-order valence-corrected chi connectivity index (χ0v) is 7.04. The van der Waals surface area contributed by atoms with Gasteiger partial charge in [-0.1, -0.05) is 12.1 Å². The Bertz CT molecular complexity index is 387. The Morgan fingerprint density at radius 2 is 2.00 bits per heavy atom. The maximum absolute atomic E-state index is 8.70. The van der Waals surface area contributed by atoms with Crippen LogP contribution in [0.1, 0.15) is 0 Å². The second-order valence-electron chi connectivity index (χ2n) is 2.82. The largest absolute Gasteiger partial charge is 0.378 e. The van der Waals surface area contributed by atoms with Crippen molar-refractivity contribution >= 4 is 11.4 Å². The van der Waals surface area contributed by atoms with Crippen molar-refractivity contribution in [3.8, 4) is 6.07 Å². The number of nitriles is 1. The van der Waals surface area contributed by atoms with Crippen molar-refractivity contribution in [2.75, 3.05) is 17.2 Å². The molecule has 0 amide bonds. The van der Waals surface area contributed by atoms with E-state index in [4.69, 9.17) is 5.26 Å². The lowest BCUT2D eigenvalue weighted by Gasteiger charge is -2.05. The van der Waals surface area contributed by atoms with E-state index in [1.807, 2.05) is 24.3 Å². The van der Waals surface area contributed by atoms with E-state index in [1.165, 1.54) is 0 Å². The first-order chi connectivity index (χ1) is 6.40. The van der Waals surface area contributed by atoms with Gasteiger partial charge >= 0.3 is 0 Å². The van der Waals surface area contributed by atoms with E-state index in [0.29, 0.717) is 12.1 Å². The predicted octanol–water partition coefficient (Wildman–Crippen LogP) is 1.93. The predicted molar refractivity (Wildman–Crippen MR) is 52.3 cm³/mol. The third kappa shape index (κ3) is 1.47. The van der Waals surface area contributed by atoms with Crippen molar-refractivity contribution in [3.63, 3.8) is 0 Å². The Labute approximate surface area is 76.7 Å². The molecule has 0 unspecified atom stereocenters. The molecule has 0 aliphatic carbocycles. The van der Waals surface area contributed by atoms with E-state index in [1.54, 1.807) is 6.20 Å². The first-order valence-corrected chi connectivity index (χ1v) is 4.09. The minimum atomic E-state index is 0.584. The molecule has 0 aromatic heterocycles. The normalized spacial score (nSPS) is 13.9. The molecule has 0 fully saturated rings. The summed E-state index contributed by atoms with van der Waals surface area (Å²) >= 11 is 0. The first-order valence-electron chi connectivity index (χ1n) is 4.09. The van der Waals surface area contributed by atoms with Gasteiger partial charge in [0.25, 0.3) is 0 Å². The highest BCUT2D eigenvalue weighted by atomic mass is 15.0. The van der Waals surface area contributed by atoms with Crippen molar-refractivity contribution in [3.05, 3.63) is 36.0 Å². The van der Waals surface area contributed by atoms with Crippen LogP contribution in [0.3, 0.4) is 0 Å². The monoisotopic (exact) mass is 171 g/mol. The standard InChI is InChI=1S/C10H9N3/c11-5-8-6-12-9-3-1-2-4-10(9)13-7-8/h1-4,6,12-13H,7H2. The van der Waals surface area contributed by atoms with Crippen LogP contribution in [0, 0.1) is 11.3 Å². The lowest BCUT2D eigenvalue weighted by atomic mass is 10.2. The SMILES string of the molecule is N#CC1=CNc2ccccc2NC1. The third-order valence-electron chi connectivity index (χ3n) is 1.94. The summed E-state index contributed by atoms with van der Waals surface area (Å²) in [5.41, 5.74) is 2.74. The number of fused-ring (bicyclic) bond motifs is 1. The Morgan fingerprint density at radius 3 is 2.77 bits per heavy atom. The van der Waals surface area contributed by atoms with Crippen LogP contribution in [-0.4, -0.2) is 6.54 Å². The van der Waals surface area contributed by atoms with Gasteiger partial charge in [-0.2, -0.15) is 5.26 Å². The second-order valence-corrected chi connectivity index (χ2v) is 2.82. The molecular formula is C10H9N3. The molecule has 0 radical (unpaired) electrons. The van der Waals surface area contributed by atoms with Crippen LogP contribution >= 0.6 is 0 Å². The minimum Gasteiger partial charge on any atom is -0.378 e. The van der Waals surface area contributed by atoms with Crippen molar-refractivity contribution < 1.29 is 0 Å². The third-order valence-corrected chi connectivity index (χ3v) is 1.94. The van der Waals surface area contributed by atoms with Gasteiger partial charge in [-0.05, 0) is 12.1 Å². The lowest BCUT2D eigenvalue weighted by Crippen LogP contribution is -2.01. The summed E-state index contributed by atoms with van der Waals surface area (Å²) < 4.78 is 0. The smallest absolute Gasteiger partial charge is 0.0981 e. The fourth-order valence-corrected chi connectivity index (χ4v) is 1.24. The fourth-order valence-electron chi connectivity index (χ4n) is 1.24. The van der Waals surface area contributed by atoms with Crippen LogP contribution in [0.2, 0.25) is 0 Å². The highest BCUT2D eigenvalue weighted by Gasteiger charge is 2.05. The maximum atomic E-state index is 8.70. The average Bonchev–Trinajstić information content (AvgIpc) is 2.39. The first kappa shape index (κ1) is 7.69. The number of nitrogens with one attached hydrogen (secondary N) is 2. The topological polar surface area (TPSA) is 47.9 Å². The quantitative estimate of drug-likeness (QED) is 0.627. The van der Waals surface area contributed by atoms with Gasteiger partial charge in [0, 0.05) is 6.20 Å². The van der Waals surface area contributed by atoms with Crippen molar-refractivity contribution in [2.45, 2.75) is 0 Å². The summed E-state index contributed by atoms with van der Waals surface area (Å²) in [6, 6.07) is 9.99. The van der Waals surface area contributed by atoms with E-state index in [-0.39, 0.29) is 0 Å². The molecule has 3 heteroatoms. The molecule has 1 aliphatic rings. The van der Waals surface area contributed by atoms with Gasteiger partial charge in [0.1, 0.15) is 0 Å². The lowest BCUT2D eigenvalue weighted by molar-refractivity contribution is 1.27. The van der Waals surface area contributed by atoms with Crippen molar-refractivity contribution in [1.29, 1.82) is 5.26 Å². The second kappa shape index (κ2) is 3.20. The van der Waals surface area contributed by atoms with E-state index >= 15 is 0 Å². The molecular weight excluding hydrogens is 162 g/mol. The molecule has 64 valence electrons. The van der Waals surface area contributed by atoms with Crippen LogP contribution in [0.4, 0.5) is 11.4 Å². The van der Waals surface area contributed by atoms with Gasteiger partial charge in [-0.15, -0.1) is 0 Å². The Kier molecular flexibility index (Phi) is 1.89. The Hall–Kier alpha value is -1.95. The summed E-state index contributed by atoms with van der Waals surface area (Å²) in [6.07, 6.45) is 1.73. The van der Waals surface area contributed by atoms with E-state index in [0.717, 1.165) is 11.4 Å². The van der Waals surface area contributed by atoms with Crippen LogP contribution in [0.15, 0.2) is 36.0 Å². The number of nitrogens with zero attached hydrogens (tertiary/aromatic N) is 1. The number of para-hydroxylation sites is 2.